The Morgan fingerprint density at radius 1 is 1.44 bits per heavy atom. The second-order valence-electron chi connectivity index (χ2n) is 7.22. The topological polar surface area (TPSA) is 57.1 Å². The van der Waals surface area contributed by atoms with Gasteiger partial charge in [0.05, 0.1) is 17.2 Å². The molecular weight excluding hydrogens is 345 g/mol. The predicted molar refractivity (Wildman–Crippen MR) is 96.2 cm³/mol. The summed E-state index contributed by atoms with van der Waals surface area (Å²) in [5, 5.41) is 16.4. The summed E-state index contributed by atoms with van der Waals surface area (Å²) < 4.78 is 20.1. The number of fused-ring (bicyclic) bond motifs is 3. The Morgan fingerprint density at radius 3 is 2.68 bits per heavy atom. The molecule has 1 atom stereocenters. The average Bonchev–Trinajstić information content (AvgIpc) is 2.59. The van der Waals surface area contributed by atoms with Crippen LogP contribution in [0.5, 0.6) is 5.75 Å². The predicted octanol–water partition coefficient (Wildman–Crippen LogP) is 3.48. The van der Waals surface area contributed by atoms with Crippen LogP contribution in [0.3, 0.4) is 0 Å². The van der Waals surface area contributed by atoms with E-state index in [1.807, 2.05) is 0 Å². The Labute approximate surface area is 152 Å². The molecule has 0 aliphatic carbocycles. The number of hydrogen-bond donors (Lipinski definition) is 2. The molecule has 3 aliphatic rings. The van der Waals surface area contributed by atoms with Gasteiger partial charge in [-0.1, -0.05) is 16.8 Å². The van der Waals surface area contributed by atoms with Crippen LogP contribution in [0, 0.1) is 11.7 Å². The van der Waals surface area contributed by atoms with E-state index in [-0.39, 0.29) is 33.8 Å². The highest BCUT2D eigenvalue weighted by molar-refractivity contribution is 6.32. The first-order chi connectivity index (χ1) is 11.9. The summed E-state index contributed by atoms with van der Waals surface area (Å²) in [7, 11) is 0. The highest BCUT2D eigenvalue weighted by Gasteiger charge is 2.48. The zero-order chi connectivity index (χ0) is 18.2. The van der Waals surface area contributed by atoms with Crippen LogP contribution < -0.4 is 10.1 Å². The van der Waals surface area contributed by atoms with Crippen LogP contribution in [0.2, 0.25) is 5.02 Å². The summed E-state index contributed by atoms with van der Waals surface area (Å²) >= 11 is 6.02. The van der Waals surface area contributed by atoms with Gasteiger partial charge < -0.3 is 15.3 Å². The molecule has 1 aromatic rings. The highest BCUT2D eigenvalue weighted by Crippen LogP contribution is 2.39. The van der Waals surface area contributed by atoms with E-state index < -0.39 is 5.82 Å². The fraction of sp³-hybridized carbons (Fsp3) is 0.611. The van der Waals surface area contributed by atoms with Gasteiger partial charge in [-0.2, -0.15) is 0 Å². The van der Waals surface area contributed by atoms with Gasteiger partial charge in [-0.05, 0) is 64.8 Å². The van der Waals surface area contributed by atoms with Crippen LogP contribution >= 0.6 is 11.6 Å². The van der Waals surface area contributed by atoms with E-state index in [0.29, 0.717) is 12.5 Å². The molecule has 5 nitrogen and oxygen atoms in total. The number of nitrogens with zero attached hydrogens (tertiary/aromatic N) is 2. The maximum Gasteiger partial charge on any atom is 0.177 e. The van der Waals surface area contributed by atoms with Crippen molar-refractivity contribution in [2.75, 3.05) is 19.7 Å². The molecule has 3 heterocycles. The summed E-state index contributed by atoms with van der Waals surface area (Å²) in [6.07, 6.45) is 2.18. The van der Waals surface area contributed by atoms with Crippen molar-refractivity contribution >= 4 is 17.4 Å². The number of halogens is 2. The van der Waals surface area contributed by atoms with Crippen LogP contribution in [-0.4, -0.2) is 47.2 Å². The largest absolute Gasteiger partial charge is 0.489 e. The van der Waals surface area contributed by atoms with Gasteiger partial charge in [0.25, 0.3) is 0 Å². The fourth-order valence-electron chi connectivity index (χ4n) is 4.18. The van der Waals surface area contributed by atoms with Gasteiger partial charge >= 0.3 is 0 Å². The van der Waals surface area contributed by atoms with E-state index in [1.165, 1.54) is 6.07 Å². The van der Waals surface area contributed by atoms with Crippen molar-refractivity contribution in [2.45, 2.75) is 45.2 Å². The van der Waals surface area contributed by atoms with Gasteiger partial charge in [-0.15, -0.1) is 0 Å². The third-order valence-corrected chi connectivity index (χ3v) is 5.87. The second-order valence-corrected chi connectivity index (χ2v) is 7.63. The molecule has 3 fully saturated rings. The molecular formula is C18H25ClFN3O2. The minimum absolute atomic E-state index is 0.0159. The molecule has 4 rings (SSSR count). The number of ether oxygens (including phenoxy) is 1. The first kappa shape index (κ1) is 18.3. The number of rotatable bonds is 4. The Kier molecular flexibility index (Phi) is 5.11. The summed E-state index contributed by atoms with van der Waals surface area (Å²) in [6, 6.07) is 3.14. The lowest BCUT2D eigenvalue weighted by molar-refractivity contribution is -0.0339. The van der Waals surface area contributed by atoms with Crippen molar-refractivity contribution in [3.05, 3.63) is 28.5 Å². The van der Waals surface area contributed by atoms with Crippen molar-refractivity contribution in [3.63, 3.8) is 0 Å². The fourth-order valence-corrected chi connectivity index (χ4v) is 4.38. The van der Waals surface area contributed by atoms with E-state index in [1.54, 1.807) is 13.0 Å². The SMILES string of the molecule is CCOc1c(Cl)ccc(/C(=N\O)N[C@@H]2C3CCN(CC3)C2(C)C)c1F. The molecule has 3 aliphatic heterocycles. The van der Waals surface area contributed by atoms with Gasteiger partial charge in [0.15, 0.2) is 17.4 Å². The molecule has 0 saturated carbocycles. The minimum atomic E-state index is -0.617. The van der Waals surface area contributed by atoms with Gasteiger partial charge in [0.2, 0.25) is 0 Å². The molecule has 25 heavy (non-hydrogen) atoms. The lowest BCUT2D eigenvalue weighted by Gasteiger charge is -2.56. The first-order valence-electron chi connectivity index (χ1n) is 8.75. The molecule has 1 aromatic carbocycles. The molecule has 2 bridgehead atoms. The van der Waals surface area contributed by atoms with Crippen LogP contribution in [0.15, 0.2) is 17.3 Å². The average molecular weight is 370 g/mol. The number of oxime groups is 1. The third-order valence-electron chi connectivity index (χ3n) is 5.57. The van der Waals surface area contributed by atoms with Crippen LogP contribution in [0.4, 0.5) is 4.39 Å². The van der Waals surface area contributed by atoms with Crippen LogP contribution in [0.1, 0.15) is 39.2 Å². The molecule has 2 N–H and O–H groups in total. The van der Waals surface area contributed by atoms with Crippen molar-refractivity contribution in [1.82, 2.24) is 10.2 Å². The van der Waals surface area contributed by atoms with Gasteiger partial charge in [-0.3, -0.25) is 4.90 Å². The van der Waals surface area contributed by atoms with Crippen molar-refractivity contribution in [3.8, 4) is 5.75 Å². The quantitative estimate of drug-likeness (QED) is 0.369. The van der Waals surface area contributed by atoms with Crippen molar-refractivity contribution in [1.29, 1.82) is 0 Å². The highest BCUT2D eigenvalue weighted by atomic mass is 35.5. The molecule has 0 aromatic heterocycles. The first-order valence-corrected chi connectivity index (χ1v) is 9.12. The monoisotopic (exact) mass is 369 g/mol. The molecule has 0 spiro atoms. The Bertz CT molecular complexity index is 673. The molecule has 7 heteroatoms. The van der Waals surface area contributed by atoms with Gasteiger partial charge in [0, 0.05) is 11.6 Å². The lowest BCUT2D eigenvalue weighted by atomic mass is 9.72. The number of piperidine rings is 3. The van der Waals surface area contributed by atoms with Crippen molar-refractivity contribution in [2.24, 2.45) is 11.1 Å². The summed E-state index contributed by atoms with van der Waals surface area (Å²) in [5.74, 6) is -0.0491. The molecule has 3 saturated heterocycles. The Hall–Kier alpha value is -1.53. The third kappa shape index (κ3) is 3.17. The lowest BCUT2D eigenvalue weighted by Crippen LogP contribution is -2.69. The summed E-state index contributed by atoms with van der Waals surface area (Å²) in [5.41, 5.74) is 0.0607. The Morgan fingerprint density at radius 2 is 2.12 bits per heavy atom. The summed E-state index contributed by atoms with van der Waals surface area (Å²) in [4.78, 5) is 2.43. The smallest absolute Gasteiger partial charge is 0.177 e. The summed E-state index contributed by atoms with van der Waals surface area (Å²) in [6.45, 7) is 8.56. The molecule has 0 unspecified atom stereocenters. The normalized spacial score (nSPS) is 28.0. The minimum Gasteiger partial charge on any atom is -0.489 e. The second kappa shape index (κ2) is 7.00. The number of benzene rings is 1. The standard InChI is InChI=1S/C18H25ClFN3O2/c1-4-25-15-13(19)6-5-12(14(15)20)17(22-24)21-16-11-7-9-23(10-8-11)18(16,2)3/h5-6,11,16,24H,4,7-10H2,1-3H3,(H,21,22)/t16-/m1/s1. The molecule has 0 amide bonds. The zero-order valence-electron chi connectivity index (χ0n) is 14.9. The molecule has 0 radical (unpaired) electrons. The van der Waals surface area contributed by atoms with Crippen LogP contribution in [0.25, 0.3) is 0 Å². The van der Waals surface area contributed by atoms with Crippen LogP contribution in [-0.2, 0) is 0 Å². The number of amidine groups is 1. The van der Waals surface area contributed by atoms with E-state index in [0.717, 1.165) is 25.9 Å². The van der Waals surface area contributed by atoms with Crippen molar-refractivity contribution < 1.29 is 14.3 Å². The Balaban J connectivity index is 1.90. The maximum absolute atomic E-state index is 14.8. The van der Waals surface area contributed by atoms with E-state index >= 15 is 0 Å². The van der Waals surface area contributed by atoms with E-state index in [2.05, 4.69) is 29.2 Å². The zero-order valence-corrected chi connectivity index (χ0v) is 15.6. The van der Waals surface area contributed by atoms with Gasteiger partial charge in [0.1, 0.15) is 0 Å². The number of nitrogens with one attached hydrogen (secondary N) is 1. The number of hydrogen-bond acceptors (Lipinski definition) is 4. The molecule has 138 valence electrons. The van der Waals surface area contributed by atoms with Gasteiger partial charge in [-0.25, -0.2) is 4.39 Å². The van der Waals surface area contributed by atoms with E-state index in [4.69, 9.17) is 16.3 Å². The maximum atomic E-state index is 14.8. The van der Waals surface area contributed by atoms with E-state index in [9.17, 15) is 9.60 Å².